The van der Waals surface area contributed by atoms with Crippen LogP contribution >= 0.6 is 27.7 Å². The minimum absolute atomic E-state index is 0.264. The molecule has 0 aliphatic rings. The van der Waals surface area contributed by atoms with Crippen molar-refractivity contribution in [1.29, 1.82) is 0 Å². The minimum Gasteiger partial charge on any atom is -0.493 e. The van der Waals surface area contributed by atoms with Crippen molar-refractivity contribution in [2.45, 2.75) is 25.0 Å². The lowest BCUT2D eigenvalue weighted by molar-refractivity contribution is 0.342. The summed E-state index contributed by atoms with van der Waals surface area (Å²) in [4.78, 5) is 0. The van der Waals surface area contributed by atoms with Crippen LogP contribution in [0.2, 0.25) is 0 Å². The van der Waals surface area contributed by atoms with Crippen LogP contribution in [-0.2, 0) is 0 Å². The van der Waals surface area contributed by atoms with Crippen LogP contribution in [0.3, 0.4) is 0 Å². The molecule has 4 nitrogen and oxygen atoms in total. The largest absolute Gasteiger partial charge is 0.493 e. The van der Waals surface area contributed by atoms with E-state index in [9.17, 15) is 0 Å². The highest BCUT2D eigenvalue weighted by Crippen LogP contribution is 2.21. The van der Waals surface area contributed by atoms with Crippen LogP contribution < -0.4 is 4.74 Å². The number of halogens is 1. The molecule has 0 spiro atoms. The van der Waals surface area contributed by atoms with E-state index >= 15 is 0 Å². The van der Waals surface area contributed by atoms with Crippen molar-refractivity contribution in [3.05, 3.63) is 34.6 Å². The molecular weight excluding hydrogens is 328 g/mol. The van der Waals surface area contributed by atoms with Gasteiger partial charge in [0.05, 0.1) is 6.61 Å². The minimum atomic E-state index is 0.264. The number of ether oxygens (including phenoxy) is 1. The third kappa shape index (κ3) is 4.54. The monoisotopic (exact) mass is 342 g/mol. The molecule has 0 bridgehead atoms. The average Bonchev–Trinajstić information content (AvgIpc) is 2.84. The van der Waals surface area contributed by atoms with Gasteiger partial charge in [-0.1, -0.05) is 47.6 Å². The van der Waals surface area contributed by atoms with Crippen molar-refractivity contribution in [2.75, 3.05) is 12.4 Å². The van der Waals surface area contributed by atoms with Gasteiger partial charge >= 0.3 is 0 Å². The van der Waals surface area contributed by atoms with Crippen molar-refractivity contribution in [1.82, 2.24) is 10.2 Å². The van der Waals surface area contributed by atoms with Crippen molar-refractivity contribution in [3.63, 3.8) is 0 Å². The molecule has 0 saturated heterocycles. The van der Waals surface area contributed by atoms with Crippen LogP contribution in [0.5, 0.6) is 5.75 Å². The summed E-state index contributed by atoms with van der Waals surface area (Å²) in [5.41, 5.74) is 0. The summed E-state index contributed by atoms with van der Waals surface area (Å²) < 4.78 is 12.1. The maximum Gasteiger partial charge on any atom is 0.276 e. The predicted octanol–water partition coefficient (Wildman–Crippen LogP) is 4.13. The molecule has 0 radical (unpaired) electrons. The first-order valence-corrected chi connectivity index (χ1v) is 7.77. The Kier molecular flexibility index (Phi) is 5.27. The van der Waals surface area contributed by atoms with Crippen molar-refractivity contribution in [2.24, 2.45) is 0 Å². The summed E-state index contributed by atoms with van der Waals surface area (Å²) in [5, 5.41) is 8.56. The van der Waals surface area contributed by atoms with Crippen LogP contribution in [0.15, 0.2) is 38.4 Å². The first-order chi connectivity index (χ1) is 9.15. The van der Waals surface area contributed by atoms with E-state index in [-0.39, 0.29) is 5.92 Å². The van der Waals surface area contributed by atoms with Crippen LogP contribution in [0.1, 0.15) is 25.7 Å². The Balaban J connectivity index is 1.74. The molecule has 0 aliphatic heterocycles. The molecule has 0 saturated carbocycles. The van der Waals surface area contributed by atoms with Gasteiger partial charge in [0.15, 0.2) is 0 Å². The molecule has 0 unspecified atom stereocenters. The molecule has 2 rings (SSSR count). The Bertz CT molecular complexity index is 531. The van der Waals surface area contributed by atoms with E-state index in [0.29, 0.717) is 17.7 Å². The average molecular weight is 343 g/mol. The van der Waals surface area contributed by atoms with Gasteiger partial charge in [0.25, 0.3) is 5.22 Å². The molecule has 2 aromatic rings. The number of thioether (sulfide) groups is 1. The second-order valence-corrected chi connectivity index (χ2v) is 6.18. The molecule has 0 N–H and O–H groups in total. The van der Waals surface area contributed by atoms with Crippen LogP contribution in [0.4, 0.5) is 0 Å². The van der Waals surface area contributed by atoms with Gasteiger partial charge in [0, 0.05) is 16.1 Å². The third-order valence-corrected chi connectivity index (χ3v) is 3.57. The lowest BCUT2D eigenvalue weighted by Crippen LogP contribution is -1.99. The Morgan fingerprint density at radius 2 is 2.21 bits per heavy atom. The van der Waals surface area contributed by atoms with E-state index < -0.39 is 0 Å². The molecular formula is C13H15BrN2O2S. The molecule has 1 aromatic heterocycles. The van der Waals surface area contributed by atoms with Gasteiger partial charge in [0.1, 0.15) is 5.75 Å². The number of hydrogen-bond donors (Lipinski definition) is 0. The molecule has 19 heavy (non-hydrogen) atoms. The normalized spacial score (nSPS) is 10.9. The Hall–Kier alpha value is -1.01. The smallest absolute Gasteiger partial charge is 0.276 e. The Morgan fingerprint density at radius 3 is 2.89 bits per heavy atom. The number of benzene rings is 1. The fraction of sp³-hybridized carbons (Fsp3) is 0.385. The van der Waals surface area contributed by atoms with Crippen LogP contribution in [0.25, 0.3) is 0 Å². The summed E-state index contributed by atoms with van der Waals surface area (Å²) in [6, 6.07) is 7.78. The SMILES string of the molecule is CC(C)c1nnc(SCCOc2cccc(Br)c2)o1. The number of aromatic nitrogens is 2. The topological polar surface area (TPSA) is 48.2 Å². The predicted molar refractivity (Wildman–Crippen MR) is 78.7 cm³/mol. The third-order valence-electron chi connectivity index (χ3n) is 2.29. The van der Waals surface area contributed by atoms with E-state index in [4.69, 9.17) is 9.15 Å². The fourth-order valence-electron chi connectivity index (χ4n) is 1.36. The highest BCUT2D eigenvalue weighted by Gasteiger charge is 2.09. The summed E-state index contributed by atoms with van der Waals surface area (Å²) in [6.07, 6.45) is 0. The second-order valence-electron chi connectivity index (χ2n) is 4.22. The van der Waals surface area contributed by atoms with E-state index in [0.717, 1.165) is 16.0 Å². The molecule has 6 heteroatoms. The quantitative estimate of drug-likeness (QED) is 0.583. The maximum atomic E-state index is 5.62. The molecule has 1 aromatic carbocycles. The van der Waals surface area contributed by atoms with Crippen molar-refractivity contribution >= 4 is 27.7 Å². The van der Waals surface area contributed by atoms with Gasteiger partial charge < -0.3 is 9.15 Å². The van der Waals surface area contributed by atoms with Crippen LogP contribution in [-0.4, -0.2) is 22.6 Å². The Morgan fingerprint density at radius 1 is 1.37 bits per heavy atom. The van der Waals surface area contributed by atoms with Gasteiger partial charge in [0.2, 0.25) is 5.89 Å². The highest BCUT2D eigenvalue weighted by atomic mass is 79.9. The van der Waals surface area contributed by atoms with Gasteiger partial charge in [-0.05, 0) is 18.2 Å². The Labute approximate surface area is 125 Å². The molecule has 0 atom stereocenters. The van der Waals surface area contributed by atoms with Gasteiger partial charge in [-0.2, -0.15) is 0 Å². The first-order valence-electron chi connectivity index (χ1n) is 5.99. The zero-order chi connectivity index (χ0) is 13.7. The van der Waals surface area contributed by atoms with Crippen molar-refractivity contribution < 1.29 is 9.15 Å². The molecule has 0 fully saturated rings. The zero-order valence-corrected chi connectivity index (χ0v) is 13.2. The first kappa shape index (κ1) is 14.4. The van der Waals surface area contributed by atoms with E-state index in [1.807, 2.05) is 38.1 Å². The number of rotatable bonds is 6. The molecule has 1 heterocycles. The fourth-order valence-corrected chi connectivity index (χ4v) is 2.32. The van der Waals surface area contributed by atoms with Gasteiger partial charge in [-0.3, -0.25) is 0 Å². The summed E-state index contributed by atoms with van der Waals surface area (Å²) in [7, 11) is 0. The lowest BCUT2D eigenvalue weighted by Gasteiger charge is -2.04. The molecule has 0 amide bonds. The van der Waals surface area contributed by atoms with Gasteiger partial charge in [-0.15, -0.1) is 10.2 Å². The summed E-state index contributed by atoms with van der Waals surface area (Å²) >= 11 is 4.91. The molecule has 0 aliphatic carbocycles. The van der Waals surface area contributed by atoms with Gasteiger partial charge in [-0.25, -0.2) is 0 Å². The molecule has 102 valence electrons. The summed E-state index contributed by atoms with van der Waals surface area (Å²) in [5.74, 6) is 2.56. The van der Waals surface area contributed by atoms with Crippen molar-refractivity contribution in [3.8, 4) is 5.75 Å². The standard InChI is InChI=1S/C13H15BrN2O2S/c1-9(2)12-15-16-13(18-12)19-7-6-17-11-5-3-4-10(14)8-11/h3-5,8-9H,6-7H2,1-2H3. The number of nitrogens with zero attached hydrogens (tertiary/aromatic N) is 2. The summed E-state index contributed by atoms with van der Waals surface area (Å²) in [6.45, 7) is 4.65. The maximum absolute atomic E-state index is 5.62. The van der Waals surface area contributed by atoms with E-state index in [1.165, 1.54) is 11.8 Å². The zero-order valence-electron chi connectivity index (χ0n) is 10.8. The number of hydrogen-bond acceptors (Lipinski definition) is 5. The van der Waals surface area contributed by atoms with Crippen LogP contribution in [0, 0.1) is 0 Å². The second kappa shape index (κ2) is 6.96. The lowest BCUT2D eigenvalue weighted by atomic mass is 10.2. The van der Waals surface area contributed by atoms with E-state index in [2.05, 4.69) is 26.1 Å². The van der Waals surface area contributed by atoms with E-state index in [1.54, 1.807) is 0 Å². The highest BCUT2D eigenvalue weighted by molar-refractivity contribution is 9.10.